The first kappa shape index (κ1) is 17.8. The molecule has 0 radical (unpaired) electrons. The minimum Gasteiger partial charge on any atom is -0.460 e. The van der Waals surface area contributed by atoms with E-state index in [1.54, 1.807) is 45.0 Å². The molecule has 0 aliphatic heterocycles. The molecule has 0 fully saturated rings. The maximum atomic E-state index is 11.9. The SMILES string of the molecule is CC(C)(C)OC(=O)CCN(C(=O)CCl)c1cccc(Cl)c1. The van der Waals surface area contributed by atoms with Crippen molar-refractivity contribution in [3.63, 3.8) is 0 Å². The summed E-state index contributed by atoms with van der Waals surface area (Å²) in [5.74, 6) is -0.819. The van der Waals surface area contributed by atoms with Crippen molar-refractivity contribution < 1.29 is 14.3 Å². The fraction of sp³-hybridized carbons (Fsp3) is 0.467. The third kappa shape index (κ3) is 6.36. The summed E-state index contributed by atoms with van der Waals surface area (Å²) in [6.07, 6.45) is 0.0897. The van der Waals surface area contributed by atoms with E-state index in [1.165, 1.54) is 4.90 Å². The van der Waals surface area contributed by atoms with Gasteiger partial charge in [0.25, 0.3) is 0 Å². The molecule has 1 aromatic rings. The van der Waals surface area contributed by atoms with Crippen molar-refractivity contribution in [1.29, 1.82) is 0 Å². The van der Waals surface area contributed by atoms with E-state index in [2.05, 4.69) is 0 Å². The van der Waals surface area contributed by atoms with Crippen LogP contribution in [0.3, 0.4) is 0 Å². The van der Waals surface area contributed by atoms with Crippen molar-refractivity contribution in [1.82, 2.24) is 0 Å². The van der Waals surface area contributed by atoms with Gasteiger partial charge in [0, 0.05) is 17.3 Å². The van der Waals surface area contributed by atoms with Gasteiger partial charge in [-0.2, -0.15) is 0 Å². The van der Waals surface area contributed by atoms with Gasteiger partial charge in [-0.05, 0) is 39.0 Å². The Morgan fingerprint density at radius 3 is 2.48 bits per heavy atom. The highest BCUT2D eigenvalue weighted by atomic mass is 35.5. The van der Waals surface area contributed by atoms with Gasteiger partial charge in [0.2, 0.25) is 5.91 Å². The van der Waals surface area contributed by atoms with Crippen LogP contribution in [0.1, 0.15) is 27.2 Å². The minimum atomic E-state index is -0.547. The lowest BCUT2D eigenvalue weighted by Gasteiger charge is -2.24. The van der Waals surface area contributed by atoms with Crippen LogP contribution in [0.5, 0.6) is 0 Å². The van der Waals surface area contributed by atoms with Gasteiger partial charge in [-0.1, -0.05) is 17.7 Å². The number of alkyl halides is 1. The summed E-state index contributed by atoms with van der Waals surface area (Å²) in [4.78, 5) is 25.1. The number of nitrogens with zero attached hydrogens (tertiary/aromatic N) is 1. The molecule has 0 aliphatic rings. The average molecular weight is 332 g/mol. The quantitative estimate of drug-likeness (QED) is 0.611. The zero-order valence-electron chi connectivity index (χ0n) is 12.4. The van der Waals surface area contributed by atoms with E-state index in [1.807, 2.05) is 0 Å². The predicted octanol–water partition coefficient (Wildman–Crippen LogP) is 3.64. The van der Waals surface area contributed by atoms with Crippen molar-refractivity contribution in [3.8, 4) is 0 Å². The minimum absolute atomic E-state index is 0.0897. The fourth-order valence-corrected chi connectivity index (χ4v) is 2.04. The highest BCUT2D eigenvalue weighted by Gasteiger charge is 2.20. The lowest BCUT2D eigenvalue weighted by molar-refractivity contribution is -0.154. The molecule has 1 rings (SSSR count). The highest BCUT2D eigenvalue weighted by Crippen LogP contribution is 2.20. The molecule has 0 aromatic heterocycles. The van der Waals surface area contributed by atoms with Gasteiger partial charge in [0.05, 0.1) is 6.42 Å². The maximum absolute atomic E-state index is 11.9. The van der Waals surface area contributed by atoms with Crippen LogP contribution in [0.4, 0.5) is 5.69 Å². The second kappa shape index (κ2) is 7.66. The number of ether oxygens (including phenoxy) is 1. The monoisotopic (exact) mass is 331 g/mol. The molecule has 0 saturated carbocycles. The summed E-state index contributed by atoms with van der Waals surface area (Å²) >= 11 is 11.5. The molecular weight excluding hydrogens is 313 g/mol. The third-order valence-electron chi connectivity index (χ3n) is 2.49. The predicted molar refractivity (Wildman–Crippen MR) is 85.0 cm³/mol. The number of carbonyl (C=O) groups excluding carboxylic acids is 2. The van der Waals surface area contributed by atoms with E-state index in [0.717, 1.165) is 0 Å². The number of benzene rings is 1. The van der Waals surface area contributed by atoms with Gasteiger partial charge in [0.15, 0.2) is 0 Å². The molecule has 0 spiro atoms. The molecule has 116 valence electrons. The third-order valence-corrected chi connectivity index (χ3v) is 2.96. The summed E-state index contributed by atoms with van der Waals surface area (Å²) in [5, 5.41) is 0.511. The summed E-state index contributed by atoms with van der Waals surface area (Å²) in [6, 6.07) is 6.84. The fourth-order valence-electron chi connectivity index (χ4n) is 1.71. The normalized spacial score (nSPS) is 11.1. The van der Waals surface area contributed by atoms with Crippen molar-refractivity contribution in [3.05, 3.63) is 29.3 Å². The largest absolute Gasteiger partial charge is 0.460 e. The molecule has 1 aromatic carbocycles. The Labute approximate surface area is 135 Å². The first-order valence-corrected chi connectivity index (χ1v) is 7.48. The first-order valence-electron chi connectivity index (χ1n) is 6.56. The second-order valence-electron chi connectivity index (χ2n) is 5.50. The van der Waals surface area contributed by atoms with Gasteiger partial charge >= 0.3 is 5.97 Å². The Morgan fingerprint density at radius 2 is 1.95 bits per heavy atom. The molecule has 0 N–H and O–H groups in total. The van der Waals surface area contributed by atoms with Crippen molar-refractivity contribution >= 4 is 40.8 Å². The smallest absolute Gasteiger partial charge is 0.308 e. The van der Waals surface area contributed by atoms with Crippen LogP contribution in [-0.2, 0) is 14.3 Å². The van der Waals surface area contributed by atoms with Crippen molar-refractivity contribution in [2.75, 3.05) is 17.3 Å². The number of rotatable bonds is 5. The van der Waals surface area contributed by atoms with Gasteiger partial charge in [-0.15, -0.1) is 11.6 Å². The molecule has 1 amide bonds. The van der Waals surface area contributed by atoms with Gasteiger partial charge < -0.3 is 9.64 Å². The van der Waals surface area contributed by atoms with Gasteiger partial charge in [0.1, 0.15) is 11.5 Å². The average Bonchev–Trinajstić information content (AvgIpc) is 2.36. The van der Waals surface area contributed by atoms with Crippen LogP contribution in [0, 0.1) is 0 Å². The number of halogens is 2. The molecule has 0 heterocycles. The molecule has 0 unspecified atom stereocenters. The number of hydrogen-bond donors (Lipinski definition) is 0. The molecule has 0 aliphatic carbocycles. The summed E-state index contributed by atoms with van der Waals surface area (Å²) < 4.78 is 5.23. The van der Waals surface area contributed by atoms with Crippen LogP contribution in [0.2, 0.25) is 5.02 Å². The zero-order chi connectivity index (χ0) is 16.0. The molecule has 21 heavy (non-hydrogen) atoms. The lowest BCUT2D eigenvalue weighted by Crippen LogP contribution is -2.35. The molecule has 4 nitrogen and oxygen atoms in total. The van der Waals surface area contributed by atoms with Crippen LogP contribution in [-0.4, -0.2) is 29.9 Å². The number of anilines is 1. The lowest BCUT2D eigenvalue weighted by atomic mass is 10.2. The molecular formula is C15H19Cl2NO3. The molecule has 0 saturated heterocycles. The van der Waals surface area contributed by atoms with Gasteiger partial charge in [-0.3, -0.25) is 9.59 Å². The summed E-state index contributed by atoms with van der Waals surface area (Å²) in [6.45, 7) is 5.58. The maximum Gasteiger partial charge on any atom is 0.308 e. The number of esters is 1. The van der Waals surface area contributed by atoms with Crippen LogP contribution in [0.25, 0.3) is 0 Å². The molecule has 0 bridgehead atoms. The van der Waals surface area contributed by atoms with Crippen LogP contribution >= 0.6 is 23.2 Å². The Bertz CT molecular complexity index is 512. The topological polar surface area (TPSA) is 46.6 Å². The number of amides is 1. The zero-order valence-corrected chi connectivity index (χ0v) is 13.9. The Balaban J connectivity index is 2.77. The summed E-state index contributed by atoms with van der Waals surface area (Å²) in [5.41, 5.74) is 0.0609. The number of carbonyl (C=O) groups is 2. The highest BCUT2D eigenvalue weighted by molar-refractivity contribution is 6.31. The van der Waals surface area contributed by atoms with E-state index in [-0.39, 0.29) is 30.7 Å². The molecule has 6 heteroatoms. The van der Waals surface area contributed by atoms with Crippen LogP contribution in [0.15, 0.2) is 24.3 Å². The Kier molecular flexibility index (Phi) is 6.49. The standard InChI is InChI=1S/C15H19Cl2NO3/c1-15(2,3)21-14(20)7-8-18(13(19)10-16)12-6-4-5-11(17)9-12/h4-6,9H,7-8,10H2,1-3H3. The van der Waals surface area contributed by atoms with Crippen LogP contribution < -0.4 is 4.90 Å². The summed E-state index contributed by atoms with van der Waals surface area (Å²) in [7, 11) is 0. The number of hydrogen-bond acceptors (Lipinski definition) is 3. The van der Waals surface area contributed by atoms with E-state index >= 15 is 0 Å². The van der Waals surface area contributed by atoms with E-state index < -0.39 is 5.60 Å². The van der Waals surface area contributed by atoms with Crippen molar-refractivity contribution in [2.45, 2.75) is 32.8 Å². The molecule has 0 atom stereocenters. The van der Waals surface area contributed by atoms with Gasteiger partial charge in [-0.25, -0.2) is 0 Å². The van der Waals surface area contributed by atoms with Crippen molar-refractivity contribution in [2.24, 2.45) is 0 Å². The van der Waals surface area contributed by atoms with E-state index in [0.29, 0.717) is 10.7 Å². The Morgan fingerprint density at radius 1 is 1.29 bits per heavy atom. The van der Waals surface area contributed by atoms with E-state index in [4.69, 9.17) is 27.9 Å². The Hall–Kier alpha value is -1.26. The first-order chi connectivity index (χ1) is 9.73. The second-order valence-corrected chi connectivity index (χ2v) is 6.20. The van der Waals surface area contributed by atoms with E-state index in [9.17, 15) is 9.59 Å².